The average molecular weight is 240 g/mol. The minimum atomic E-state index is -0.900. The second-order valence-electron chi connectivity index (χ2n) is 2.94. The van der Waals surface area contributed by atoms with Crippen molar-refractivity contribution in [1.82, 2.24) is 0 Å². The van der Waals surface area contributed by atoms with Crippen molar-refractivity contribution in [2.24, 2.45) is 5.73 Å². The smallest absolute Gasteiger partial charge is 0.134 e. The Morgan fingerprint density at radius 3 is 2.40 bits per heavy atom. The quantitative estimate of drug-likeness (QED) is 0.748. The van der Waals surface area contributed by atoms with Crippen LogP contribution in [0, 0.1) is 11.6 Å². The lowest BCUT2D eigenvalue weighted by atomic mass is 10.0. The van der Waals surface area contributed by atoms with Gasteiger partial charge in [0.15, 0.2) is 0 Å². The normalized spacial score (nSPS) is 12.0. The number of phenolic OH excluding ortho intramolecular Hbond substituents is 1. The lowest BCUT2D eigenvalue weighted by molar-refractivity contribution is 0.274. The third-order valence-electron chi connectivity index (χ3n) is 1.88. The summed E-state index contributed by atoms with van der Waals surface area (Å²) >= 11 is 0. The van der Waals surface area contributed by atoms with E-state index in [2.05, 4.69) is 0 Å². The van der Waals surface area contributed by atoms with Gasteiger partial charge in [-0.2, -0.15) is 0 Å². The summed E-state index contributed by atoms with van der Waals surface area (Å²) in [6.07, 6.45) is 0.107. The molecule has 1 aromatic rings. The molecule has 0 bridgehead atoms. The number of hydrogen-bond donors (Lipinski definition) is 3. The van der Waals surface area contributed by atoms with Gasteiger partial charge in [-0.15, -0.1) is 12.4 Å². The molecule has 1 atom stereocenters. The zero-order valence-corrected chi connectivity index (χ0v) is 8.60. The lowest BCUT2D eigenvalue weighted by Gasteiger charge is -2.13. The summed E-state index contributed by atoms with van der Waals surface area (Å²) in [5, 5.41) is 17.8. The fraction of sp³-hybridized carbons (Fsp3) is 0.333. The van der Waals surface area contributed by atoms with Crippen molar-refractivity contribution in [3.05, 3.63) is 29.3 Å². The van der Waals surface area contributed by atoms with Gasteiger partial charge in [0.25, 0.3) is 0 Å². The number of hydrogen-bond acceptors (Lipinski definition) is 3. The molecule has 0 aliphatic rings. The van der Waals surface area contributed by atoms with Crippen LogP contribution in [-0.2, 0) is 0 Å². The molecule has 86 valence electrons. The van der Waals surface area contributed by atoms with Crippen LogP contribution >= 0.6 is 12.4 Å². The molecular weight excluding hydrogens is 228 g/mol. The number of rotatable bonds is 3. The monoisotopic (exact) mass is 239 g/mol. The fourth-order valence-corrected chi connectivity index (χ4v) is 1.22. The first-order chi connectivity index (χ1) is 6.56. The van der Waals surface area contributed by atoms with E-state index in [1.807, 2.05) is 0 Å². The van der Waals surface area contributed by atoms with Crippen molar-refractivity contribution in [1.29, 1.82) is 0 Å². The van der Waals surface area contributed by atoms with E-state index in [-0.39, 0.29) is 31.0 Å². The maximum Gasteiger partial charge on any atom is 0.134 e. The van der Waals surface area contributed by atoms with Crippen molar-refractivity contribution in [3.8, 4) is 5.75 Å². The van der Waals surface area contributed by atoms with Gasteiger partial charge < -0.3 is 15.9 Å². The molecule has 1 aromatic carbocycles. The summed E-state index contributed by atoms with van der Waals surface area (Å²) in [5.74, 6) is -2.29. The molecular formula is C9H12ClF2NO2. The largest absolute Gasteiger partial charge is 0.507 e. The van der Waals surface area contributed by atoms with Gasteiger partial charge in [-0.05, 0) is 6.42 Å². The van der Waals surface area contributed by atoms with E-state index in [1.54, 1.807) is 0 Å². The first-order valence-corrected chi connectivity index (χ1v) is 4.10. The van der Waals surface area contributed by atoms with E-state index < -0.39 is 23.4 Å². The highest BCUT2D eigenvalue weighted by atomic mass is 35.5. The van der Waals surface area contributed by atoms with Crippen molar-refractivity contribution in [3.63, 3.8) is 0 Å². The van der Waals surface area contributed by atoms with E-state index in [0.717, 1.165) is 6.07 Å². The van der Waals surface area contributed by atoms with Gasteiger partial charge in [0.1, 0.15) is 17.4 Å². The van der Waals surface area contributed by atoms with Crippen LogP contribution in [0.25, 0.3) is 0 Å². The van der Waals surface area contributed by atoms with Gasteiger partial charge in [-0.1, -0.05) is 0 Å². The Kier molecular flexibility index (Phi) is 5.49. The first kappa shape index (κ1) is 14.1. The molecule has 0 amide bonds. The van der Waals surface area contributed by atoms with E-state index in [0.29, 0.717) is 6.07 Å². The summed E-state index contributed by atoms with van der Waals surface area (Å²) < 4.78 is 25.7. The summed E-state index contributed by atoms with van der Waals surface area (Å²) in [7, 11) is 0. The standard InChI is InChI=1S/C9H11F2NO2.ClH/c10-5-3-6(11)9(8(14)4-5)7(12)1-2-13;/h3-4,7,13-14H,1-2,12H2;1H. The van der Waals surface area contributed by atoms with E-state index in [1.165, 1.54) is 0 Å². The van der Waals surface area contributed by atoms with E-state index in [4.69, 9.17) is 10.8 Å². The predicted octanol–water partition coefficient (Wildman–Crippen LogP) is 1.47. The maximum atomic E-state index is 13.1. The second-order valence-corrected chi connectivity index (χ2v) is 2.94. The van der Waals surface area contributed by atoms with Gasteiger partial charge in [0, 0.05) is 30.3 Å². The highest BCUT2D eigenvalue weighted by Gasteiger charge is 2.17. The molecule has 3 nitrogen and oxygen atoms in total. The van der Waals surface area contributed by atoms with Crippen molar-refractivity contribution in [2.45, 2.75) is 12.5 Å². The molecule has 0 saturated carbocycles. The van der Waals surface area contributed by atoms with Gasteiger partial charge >= 0.3 is 0 Å². The Bertz CT molecular complexity index is 313. The molecule has 1 unspecified atom stereocenters. The van der Waals surface area contributed by atoms with Crippen LogP contribution in [-0.4, -0.2) is 16.8 Å². The number of phenols is 1. The Hall–Kier alpha value is -0.910. The van der Waals surface area contributed by atoms with Crippen LogP contribution < -0.4 is 5.73 Å². The number of aliphatic hydroxyl groups is 1. The average Bonchev–Trinajstić information content (AvgIpc) is 2.01. The summed E-state index contributed by atoms with van der Waals surface area (Å²) in [6, 6.07) is 0.600. The van der Waals surface area contributed by atoms with Crippen LogP contribution in [0.3, 0.4) is 0 Å². The van der Waals surface area contributed by atoms with Crippen molar-refractivity contribution >= 4 is 12.4 Å². The van der Waals surface area contributed by atoms with Gasteiger partial charge in [-0.25, -0.2) is 8.78 Å². The molecule has 6 heteroatoms. The summed E-state index contributed by atoms with van der Waals surface area (Å²) in [5.41, 5.74) is 5.31. The Morgan fingerprint density at radius 1 is 1.33 bits per heavy atom. The van der Waals surface area contributed by atoms with Gasteiger partial charge in [0.2, 0.25) is 0 Å². The number of aromatic hydroxyl groups is 1. The first-order valence-electron chi connectivity index (χ1n) is 4.10. The molecule has 0 radical (unpaired) electrons. The Balaban J connectivity index is 0.00000196. The lowest BCUT2D eigenvalue weighted by Crippen LogP contribution is -2.14. The minimum Gasteiger partial charge on any atom is -0.507 e. The molecule has 0 aliphatic carbocycles. The second kappa shape index (κ2) is 5.85. The number of aliphatic hydroxyl groups excluding tert-OH is 1. The molecule has 1 rings (SSSR count). The van der Waals surface area contributed by atoms with Crippen LogP contribution in [0.5, 0.6) is 5.75 Å². The van der Waals surface area contributed by atoms with Crippen LogP contribution in [0.1, 0.15) is 18.0 Å². The summed E-state index contributed by atoms with van der Waals surface area (Å²) in [6.45, 7) is -0.225. The van der Waals surface area contributed by atoms with Crippen molar-refractivity contribution < 1.29 is 19.0 Å². The number of nitrogens with two attached hydrogens (primary N) is 1. The fourth-order valence-electron chi connectivity index (χ4n) is 1.22. The third-order valence-corrected chi connectivity index (χ3v) is 1.88. The molecule has 0 fully saturated rings. The molecule has 4 N–H and O–H groups in total. The molecule has 15 heavy (non-hydrogen) atoms. The predicted molar refractivity (Wildman–Crippen MR) is 53.9 cm³/mol. The van der Waals surface area contributed by atoms with E-state index >= 15 is 0 Å². The Morgan fingerprint density at radius 2 is 1.93 bits per heavy atom. The molecule has 0 aromatic heterocycles. The minimum absolute atomic E-state index is 0. The Labute approximate surface area is 91.9 Å². The highest BCUT2D eigenvalue weighted by molar-refractivity contribution is 5.85. The number of halogens is 3. The van der Waals surface area contributed by atoms with Gasteiger partial charge in [0.05, 0.1) is 0 Å². The zero-order valence-electron chi connectivity index (χ0n) is 7.78. The maximum absolute atomic E-state index is 13.1. The molecule has 0 spiro atoms. The van der Waals surface area contributed by atoms with Gasteiger partial charge in [-0.3, -0.25) is 0 Å². The molecule has 0 aliphatic heterocycles. The SMILES string of the molecule is Cl.NC(CCO)c1c(O)cc(F)cc1F. The van der Waals surface area contributed by atoms with Crippen molar-refractivity contribution in [2.75, 3.05) is 6.61 Å². The molecule has 0 saturated heterocycles. The summed E-state index contributed by atoms with van der Waals surface area (Å²) in [4.78, 5) is 0. The van der Waals surface area contributed by atoms with Crippen LogP contribution in [0.4, 0.5) is 8.78 Å². The topological polar surface area (TPSA) is 66.5 Å². The van der Waals surface area contributed by atoms with E-state index in [9.17, 15) is 13.9 Å². The third kappa shape index (κ3) is 3.30. The van der Waals surface area contributed by atoms with Crippen LogP contribution in [0.2, 0.25) is 0 Å². The highest BCUT2D eigenvalue weighted by Crippen LogP contribution is 2.28. The zero-order chi connectivity index (χ0) is 10.7. The van der Waals surface area contributed by atoms with Crippen LogP contribution in [0.15, 0.2) is 12.1 Å². The number of benzene rings is 1. The molecule has 0 heterocycles.